The van der Waals surface area contributed by atoms with Gasteiger partial charge in [-0.15, -0.1) is 0 Å². The van der Waals surface area contributed by atoms with Gasteiger partial charge in [-0.2, -0.15) is 0 Å². The Labute approximate surface area is 102 Å². The molecule has 0 atom stereocenters. The summed E-state index contributed by atoms with van der Waals surface area (Å²) >= 11 is 1.15. The van der Waals surface area contributed by atoms with Crippen molar-refractivity contribution in [2.75, 3.05) is 6.61 Å². The first kappa shape index (κ1) is 12.0. The topological polar surface area (TPSA) is 59.3 Å². The van der Waals surface area contributed by atoms with Crippen LogP contribution in [0.25, 0.3) is 10.2 Å². The second-order valence-corrected chi connectivity index (χ2v) is 4.79. The van der Waals surface area contributed by atoms with Gasteiger partial charge in [-0.25, -0.2) is 0 Å². The van der Waals surface area contributed by atoms with E-state index in [1.54, 1.807) is 22.8 Å². The SMILES string of the molecule is O=Cc1ccc2c(c1)sc(=O)n2CCCCO. The molecule has 0 saturated heterocycles. The lowest BCUT2D eigenvalue weighted by atomic mass is 10.2. The van der Waals surface area contributed by atoms with E-state index in [9.17, 15) is 9.59 Å². The van der Waals surface area contributed by atoms with Crippen LogP contribution in [-0.4, -0.2) is 22.6 Å². The van der Waals surface area contributed by atoms with E-state index in [-0.39, 0.29) is 11.5 Å². The summed E-state index contributed by atoms with van der Waals surface area (Å²) in [7, 11) is 0. The average Bonchev–Trinajstić information content (AvgIpc) is 2.65. The Morgan fingerprint density at radius 3 is 2.88 bits per heavy atom. The Bertz CT molecular complexity index is 585. The summed E-state index contributed by atoms with van der Waals surface area (Å²) in [6.45, 7) is 0.756. The molecule has 0 aliphatic heterocycles. The third-order valence-corrected chi connectivity index (χ3v) is 3.56. The summed E-state index contributed by atoms with van der Waals surface area (Å²) < 4.78 is 2.54. The predicted octanol–water partition coefficient (Wildman–Crippen LogP) is 1.65. The number of nitrogens with zero attached hydrogens (tertiary/aromatic N) is 1. The number of aldehydes is 1. The Morgan fingerprint density at radius 1 is 1.35 bits per heavy atom. The second kappa shape index (κ2) is 5.25. The first-order chi connectivity index (χ1) is 8.26. The molecule has 0 radical (unpaired) electrons. The monoisotopic (exact) mass is 251 g/mol. The molecular formula is C12H13NO3S. The molecule has 0 aliphatic carbocycles. The van der Waals surface area contributed by atoms with Gasteiger partial charge in [0.05, 0.1) is 10.2 Å². The van der Waals surface area contributed by atoms with Gasteiger partial charge in [-0.05, 0) is 31.0 Å². The van der Waals surface area contributed by atoms with Gasteiger partial charge in [0, 0.05) is 18.7 Å². The van der Waals surface area contributed by atoms with Gasteiger partial charge in [0.2, 0.25) is 0 Å². The lowest BCUT2D eigenvalue weighted by Gasteiger charge is -2.02. The van der Waals surface area contributed by atoms with Crippen LogP contribution in [0.3, 0.4) is 0 Å². The van der Waals surface area contributed by atoms with E-state index >= 15 is 0 Å². The number of aromatic nitrogens is 1. The molecule has 17 heavy (non-hydrogen) atoms. The number of fused-ring (bicyclic) bond motifs is 1. The number of hydrogen-bond acceptors (Lipinski definition) is 4. The summed E-state index contributed by atoms with van der Waals surface area (Å²) in [4.78, 5) is 22.4. The van der Waals surface area contributed by atoms with Gasteiger partial charge in [-0.3, -0.25) is 14.2 Å². The second-order valence-electron chi connectivity index (χ2n) is 3.80. The highest BCUT2D eigenvalue weighted by Crippen LogP contribution is 2.18. The van der Waals surface area contributed by atoms with Crippen LogP contribution in [0.1, 0.15) is 23.2 Å². The van der Waals surface area contributed by atoms with Gasteiger partial charge in [0.1, 0.15) is 6.29 Å². The summed E-state index contributed by atoms with van der Waals surface area (Å²) in [5.41, 5.74) is 1.45. The maximum Gasteiger partial charge on any atom is 0.308 e. The van der Waals surface area contributed by atoms with E-state index in [1.165, 1.54) is 0 Å². The fraction of sp³-hybridized carbons (Fsp3) is 0.333. The Kier molecular flexibility index (Phi) is 3.71. The highest BCUT2D eigenvalue weighted by atomic mass is 32.1. The number of carbonyl (C=O) groups excluding carboxylic acids is 1. The molecule has 2 aromatic rings. The molecule has 0 bridgehead atoms. The van der Waals surface area contributed by atoms with Crippen LogP contribution in [0.2, 0.25) is 0 Å². The van der Waals surface area contributed by atoms with Crippen molar-refractivity contribution >= 4 is 27.8 Å². The summed E-state index contributed by atoms with van der Waals surface area (Å²) in [5.74, 6) is 0. The number of aryl methyl sites for hydroxylation is 1. The molecule has 90 valence electrons. The van der Waals surface area contributed by atoms with E-state index in [0.29, 0.717) is 18.5 Å². The van der Waals surface area contributed by atoms with Crippen LogP contribution in [0, 0.1) is 0 Å². The minimum absolute atomic E-state index is 0.0130. The Balaban J connectivity index is 2.38. The van der Waals surface area contributed by atoms with Crippen molar-refractivity contribution in [1.82, 2.24) is 4.57 Å². The normalized spacial score (nSPS) is 10.9. The molecular weight excluding hydrogens is 238 g/mol. The number of hydrogen-bond donors (Lipinski definition) is 1. The maximum atomic E-state index is 11.8. The number of rotatable bonds is 5. The smallest absolute Gasteiger partial charge is 0.308 e. The minimum Gasteiger partial charge on any atom is -0.396 e. The largest absolute Gasteiger partial charge is 0.396 e. The zero-order valence-electron chi connectivity index (χ0n) is 9.26. The molecule has 0 amide bonds. The number of aliphatic hydroxyl groups excluding tert-OH is 1. The van der Waals surface area contributed by atoms with E-state index in [2.05, 4.69) is 0 Å². The third-order valence-electron chi connectivity index (χ3n) is 2.62. The zero-order chi connectivity index (χ0) is 12.3. The Morgan fingerprint density at radius 2 is 2.18 bits per heavy atom. The first-order valence-corrected chi connectivity index (χ1v) is 6.27. The lowest BCUT2D eigenvalue weighted by Crippen LogP contribution is -2.12. The molecule has 5 heteroatoms. The molecule has 0 unspecified atom stereocenters. The molecule has 0 aliphatic rings. The van der Waals surface area contributed by atoms with Crippen molar-refractivity contribution in [2.45, 2.75) is 19.4 Å². The summed E-state index contributed by atoms with van der Waals surface area (Å²) in [6, 6.07) is 5.25. The minimum atomic E-state index is -0.0130. The molecule has 2 rings (SSSR count). The number of thiazole rings is 1. The summed E-state index contributed by atoms with van der Waals surface area (Å²) in [6.07, 6.45) is 2.24. The van der Waals surface area contributed by atoms with E-state index in [4.69, 9.17) is 5.11 Å². The standard InChI is InChI=1S/C12H13NO3S/c14-6-2-1-5-13-10-4-3-9(8-15)7-11(10)17-12(13)16/h3-4,7-8,14H,1-2,5-6H2. The van der Waals surface area contributed by atoms with Crippen molar-refractivity contribution in [3.8, 4) is 0 Å². The Hall–Kier alpha value is -1.46. The first-order valence-electron chi connectivity index (χ1n) is 5.45. The molecule has 4 nitrogen and oxygen atoms in total. The highest BCUT2D eigenvalue weighted by Gasteiger charge is 2.07. The predicted molar refractivity (Wildman–Crippen MR) is 67.8 cm³/mol. The van der Waals surface area contributed by atoms with Crippen molar-refractivity contribution in [3.63, 3.8) is 0 Å². The molecule has 1 heterocycles. The number of aliphatic hydroxyl groups is 1. The quantitative estimate of drug-likeness (QED) is 0.649. The molecule has 1 aromatic heterocycles. The lowest BCUT2D eigenvalue weighted by molar-refractivity contribution is 0.112. The van der Waals surface area contributed by atoms with Crippen LogP contribution >= 0.6 is 11.3 Å². The number of benzene rings is 1. The zero-order valence-corrected chi connectivity index (χ0v) is 10.1. The van der Waals surface area contributed by atoms with Crippen molar-refractivity contribution in [3.05, 3.63) is 33.4 Å². The molecule has 0 spiro atoms. The van der Waals surface area contributed by atoms with Crippen molar-refractivity contribution < 1.29 is 9.90 Å². The van der Waals surface area contributed by atoms with Crippen molar-refractivity contribution in [2.24, 2.45) is 0 Å². The van der Waals surface area contributed by atoms with Crippen LogP contribution in [0.4, 0.5) is 0 Å². The highest BCUT2D eigenvalue weighted by molar-refractivity contribution is 7.16. The fourth-order valence-electron chi connectivity index (χ4n) is 1.75. The van der Waals surface area contributed by atoms with Crippen LogP contribution in [0.5, 0.6) is 0 Å². The van der Waals surface area contributed by atoms with Gasteiger partial charge in [0.15, 0.2) is 0 Å². The molecule has 1 aromatic carbocycles. The fourth-order valence-corrected chi connectivity index (χ4v) is 2.72. The van der Waals surface area contributed by atoms with E-state index in [0.717, 1.165) is 34.3 Å². The number of carbonyl (C=O) groups is 1. The molecule has 0 saturated carbocycles. The van der Waals surface area contributed by atoms with Gasteiger partial charge in [0.25, 0.3) is 0 Å². The van der Waals surface area contributed by atoms with Crippen molar-refractivity contribution in [1.29, 1.82) is 0 Å². The van der Waals surface area contributed by atoms with Crippen LogP contribution < -0.4 is 4.87 Å². The third kappa shape index (κ3) is 2.45. The molecule has 1 N–H and O–H groups in total. The van der Waals surface area contributed by atoms with Gasteiger partial charge in [-0.1, -0.05) is 11.3 Å². The average molecular weight is 251 g/mol. The van der Waals surface area contributed by atoms with Crippen LogP contribution in [-0.2, 0) is 6.54 Å². The summed E-state index contributed by atoms with van der Waals surface area (Å²) in [5, 5.41) is 8.72. The van der Waals surface area contributed by atoms with Gasteiger partial charge >= 0.3 is 4.87 Å². The van der Waals surface area contributed by atoms with E-state index in [1.807, 2.05) is 0 Å². The molecule has 0 fully saturated rings. The van der Waals surface area contributed by atoms with Crippen LogP contribution in [0.15, 0.2) is 23.0 Å². The maximum absolute atomic E-state index is 11.8. The number of unbranched alkanes of at least 4 members (excludes halogenated alkanes) is 1. The van der Waals surface area contributed by atoms with Gasteiger partial charge < -0.3 is 5.11 Å². The van der Waals surface area contributed by atoms with E-state index < -0.39 is 0 Å².